The van der Waals surface area contributed by atoms with Gasteiger partial charge >= 0.3 is 0 Å². The Kier molecular flexibility index (Phi) is 7.15. The maximum Gasteiger partial charge on any atom is 0.233 e. The average molecular weight is 516 g/mol. The van der Waals surface area contributed by atoms with Gasteiger partial charge in [-0.25, -0.2) is 4.98 Å². The first-order chi connectivity index (χ1) is 17.9. The van der Waals surface area contributed by atoms with Crippen LogP contribution in [0.2, 0.25) is 5.02 Å². The SMILES string of the molecule is CC(CO)(CO)C(=O)N1CCc2c(Cc3ccc(Cl)c(-c4ncc(-c5ccccc5)[nH]4)c3)cccc2C1. The van der Waals surface area contributed by atoms with Crippen LogP contribution < -0.4 is 0 Å². The number of amides is 1. The van der Waals surface area contributed by atoms with E-state index in [1.54, 1.807) is 11.8 Å². The monoisotopic (exact) mass is 515 g/mol. The Morgan fingerprint density at radius 3 is 2.62 bits per heavy atom. The quantitative estimate of drug-likeness (QED) is 0.328. The van der Waals surface area contributed by atoms with Crippen LogP contribution in [0.25, 0.3) is 22.6 Å². The fourth-order valence-electron chi connectivity index (χ4n) is 4.90. The van der Waals surface area contributed by atoms with E-state index in [1.165, 1.54) is 11.1 Å². The maximum atomic E-state index is 12.9. The van der Waals surface area contributed by atoms with Crippen LogP contribution in [-0.4, -0.2) is 50.7 Å². The minimum atomic E-state index is -1.17. The van der Waals surface area contributed by atoms with Crippen LogP contribution in [0.3, 0.4) is 0 Å². The molecule has 5 rings (SSSR count). The minimum absolute atomic E-state index is 0.218. The van der Waals surface area contributed by atoms with Gasteiger partial charge in [0.15, 0.2) is 0 Å². The zero-order valence-electron chi connectivity index (χ0n) is 20.7. The number of fused-ring (bicyclic) bond motifs is 1. The van der Waals surface area contributed by atoms with Gasteiger partial charge in [0.1, 0.15) is 5.82 Å². The third kappa shape index (κ3) is 5.05. The first-order valence-corrected chi connectivity index (χ1v) is 12.8. The van der Waals surface area contributed by atoms with Crippen LogP contribution in [0.1, 0.15) is 29.2 Å². The van der Waals surface area contributed by atoms with E-state index in [-0.39, 0.29) is 19.1 Å². The summed E-state index contributed by atoms with van der Waals surface area (Å²) in [4.78, 5) is 22.7. The van der Waals surface area contributed by atoms with E-state index >= 15 is 0 Å². The largest absolute Gasteiger partial charge is 0.395 e. The van der Waals surface area contributed by atoms with Gasteiger partial charge in [-0.2, -0.15) is 0 Å². The number of aromatic amines is 1. The predicted octanol–water partition coefficient (Wildman–Crippen LogP) is 4.86. The van der Waals surface area contributed by atoms with E-state index < -0.39 is 5.41 Å². The Labute approximate surface area is 221 Å². The molecule has 0 spiro atoms. The Morgan fingerprint density at radius 2 is 1.86 bits per heavy atom. The number of halogens is 1. The van der Waals surface area contributed by atoms with Crippen molar-refractivity contribution in [2.75, 3.05) is 19.8 Å². The molecule has 0 aliphatic carbocycles. The summed E-state index contributed by atoms with van der Waals surface area (Å²) in [6, 6.07) is 22.3. The van der Waals surface area contributed by atoms with Crippen molar-refractivity contribution in [3.05, 3.63) is 100 Å². The van der Waals surface area contributed by atoms with Crippen molar-refractivity contribution in [1.29, 1.82) is 0 Å². The molecule has 0 fully saturated rings. The van der Waals surface area contributed by atoms with Crippen molar-refractivity contribution >= 4 is 17.5 Å². The molecule has 1 amide bonds. The molecule has 0 bridgehead atoms. The molecule has 1 aliphatic rings. The zero-order chi connectivity index (χ0) is 26.0. The zero-order valence-corrected chi connectivity index (χ0v) is 21.5. The number of aliphatic hydroxyl groups excluding tert-OH is 2. The second-order valence-corrected chi connectivity index (χ2v) is 10.3. The Hall–Kier alpha value is -3.45. The van der Waals surface area contributed by atoms with Crippen molar-refractivity contribution in [3.8, 4) is 22.6 Å². The van der Waals surface area contributed by atoms with E-state index in [1.807, 2.05) is 54.7 Å². The fourth-order valence-corrected chi connectivity index (χ4v) is 5.11. The maximum absolute atomic E-state index is 12.9. The summed E-state index contributed by atoms with van der Waals surface area (Å²) in [5.74, 6) is 0.509. The summed E-state index contributed by atoms with van der Waals surface area (Å²) < 4.78 is 0. The highest BCUT2D eigenvalue weighted by Crippen LogP contribution is 2.32. The van der Waals surface area contributed by atoms with E-state index in [0.29, 0.717) is 18.1 Å². The topological polar surface area (TPSA) is 89.4 Å². The molecular formula is C30H30ClN3O3. The summed E-state index contributed by atoms with van der Waals surface area (Å²) in [5, 5.41) is 19.9. The van der Waals surface area contributed by atoms with Gasteiger partial charge in [0.2, 0.25) is 5.91 Å². The van der Waals surface area contributed by atoms with Crippen molar-refractivity contribution < 1.29 is 15.0 Å². The number of rotatable bonds is 7. The number of H-pyrrole nitrogens is 1. The van der Waals surface area contributed by atoms with Crippen LogP contribution in [0.15, 0.2) is 72.9 Å². The van der Waals surface area contributed by atoms with Crippen LogP contribution >= 0.6 is 11.6 Å². The lowest BCUT2D eigenvalue weighted by molar-refractivity contribution is -0.147. The van der Waals surface area contributed by atoms with Gasteiger partial charge in [0.25, 0.3) is 0 Å². The van der Waals surface area contributed by atoms with Gasteiger partial charge in [-0.15, -0.1) is 0 Å². The van der Waals surface area contributed by atoms with Gasteiger partial charge in [-0.1, -0.05) is 66.2 Å². The molecule has 0 unspecified atom stereocenters. The van der Waals surface area contributed by atoms with E-state index in [2.05, 4.69) is 28.2 Å². The number of aromatic nitrogens is 2. The Bertz CT molecular complexity index is 1410. The number of imidazole rings is 1. The number of nitrogens with one attached hydrogen (secondary N) is 1. The molecule has 0 saturated heterocycles. The van der Waals surface area contributed by atoms with Crippen molar-refractivity contribution in [1.82, 2.24) is 14.9 Å². The van der Waals surface area contributed by atoms with Gasteiger partial charge < -0.3 is 20.1 Å². The third-order valence-corrected chi connectivity index (χ3v) is 7.54. The van der Waals surface area contributed by atoms with E-state index in [4.69, 9.17) is 11.6 Å². The Balaban J connectivity index is 1.38. The van der Waals surface area contributed by atoms with E-state index in [0.717, 1.165) is 46.6 Å². The number of carbonyl (C=O) groups excluding carboxylic acids is 1. The molecule has 0 radical (unpaired) electrons. The van der Waals surface area contributed by atoms with Gasteiger partial charge in [-0.3, -0.25) is 4.79 Å². The number of nitrogens with zero attached hydrogens (tertiary/aromatic N) is 2. The smallest absolute Gasteiger partial charge is 0.233 e. The third-order valence-electron chi connectivity index (χ3n) is 7.21. The molecule has 3 N–H and O–H groups in total. The normalized spacial score (nSPS) is 13.5. The molecule has 4 aromatic rings. The van der Waals surface area contributed by atoms with Gasteiger partial charge in [0, 0.05) is 18.7 Å². The van der Waals surface area contributed by atoms with Crippen molar-refractivity contribution in [3.63, 3.8) is 0 Å². The molecule has 1 aliphatic heterocycles. The summed E-state index contributed by atoms with van der Waals surface area (Å²) in [6.07, 6.45) is 3.29. The second-order valence-electron chi connectivity index (χ2n) is 9.91. The molecule has 7 heteroatoms. The molecule has 0 saturated carbocycles. The van der Waals surface area contributed by atoms with Crippen LogP contribution in [0, 0.1) is 5.41 Å². The fraction of sp³-hybridized carbons (Fsp3) is 0.267. The molecular weight excluding hydrogens is 486 g/mol. The molecule has 0 atom stereocenters. The predicted molar refractivity (Wildman–Crippen MR) is 145 cm³/mol. The molecule has 190 valence electrons. The van der Waals surface area contributed by atoms with Crippen LogP contribution in [-0.2, 0) is 24.2 Å². The first-order valence-electron chi connectivity index (χ1n) is 12.4. The highest BCUT2D eigenvalue weighted by atomic mass is 35.5. The summed E-state index contributed by atoms with van der Waals surface area (Å²) in [5.41, 5.74) is 6.38. The molecule has 3 aromatic carbocycles. The number of hydrogen-bond acceptors (Lipinski definition) is 4. The molecule has 2 heterocycles. The second kappa shape index (κ2) is 10.5. The number of carbonyl (C=O) groups is 1. The Morgan fingerprint density at radius 1 is 1.08 bits per heavy atom. The van der Waals surface area contributed by atoms with Crippen molar-refractivity contribution in [2.45, 2.75) is 26.3 Å². The lowest BCUT2D eigenvalue weighted by Crippen LogP contribution is -2.48. The van der Waals surface area contributed by atoms with Crippen molar-refractivity contribution in [2.24, 2.45) is 5.41 Å². The number of aliphatic hydroxyl groups is 2. The summed E-state index contributed by atoms with van der Waals surface area (Å²) >= 11 is 6.58. The summed E-state index contributed by atoms with van der Waals surface area (Å²) in [7, 11) is 0. The lowest BCUT2D eigenvalue weighted by atomic mass is 9.87. The first kappa shape index (κ1) is 25.2. The van der Waals surface area contributed by atoms with E-state index in [9.17, 15) is 15.0 Å². The highest BCUT2D eigenvalue weighted by molar-refractivity contribution is 6.33. The van der Waals surface area contributed by atoms with Crippen LogP contribution in [0.5, 0.6) is 0 Å². The molecule has 6 nitrogen and oxygen atoms in total. The molecule has 1 aromatic heterocycles. The van der Waals surface area contributed by atoms with Gasteiger partial charge in [-0.05, 0) is 59.7 Å². The summed E-state index contributed by atoms with van der Waals surface area (Å²) in [6.45, 7) is 1.86. The number of hydrogen-bond donors (Lipinski definition) is 3. The standard InChI is InChI=1S/C30H30ClN3O3/c1-30(18-35,19-36)29(37)34-13-12-24-22(8-5-9-23(24)17-34)14-20-10-11-26(31)25(15-20)28-32-16-27(33-28)21-6-3-2-4-7-21/h2-11,15-16,35-36H,12-14,17-19H2,1H3,(H,32,33). The molecule has 37 heavy (non-hydrogen) atoms. The number of benzene rings is 3. The van der Waals surface area contributed by atoms with Crippen LogP contribution in [0.4, 0.5) is 0 Å². The highest BCUT2D eigenvalue weighted by Gasteiger charge is 2.37. The lowest BCUT2D eigenvalue weighted by Gasteiger charge is -2.36. The average Bonchev–Trinajstić information content (AvgIpc) is 3.44. The minimum Gasteiger partial charge on any atom is -0.395 e. The van der Waals surface area contributed by atoms with Gasteiger partial charge in [0.05, 0.1) is 35.5 Å².